The molecule has 0 rings (SSSR count). The van der Waals surface area contributed by atoms with Gasteiger partial charge in [-0.2, -0.15) is 0 Å². The number of hydrogen-bond acceptors (Lipinski definition) is 0. The van der Waals surface area contributed by atoms with Crippen LogP contribution >= 0.6 is 0 Å². The van der Waals surface area contributed by atoms with Crippen molar-refractivity contribution < 1.29 is 1.37 Å². The molecule has 0 aromatic rings. The van der Waals surface area contributed by atoms with E-state index < -0.39 is 0 Å². The maximum atomic E-state index is 6.25. The van der Waals surface area contributed by atoms with E-state index in [0.29, 0.717) is 0 Å². The van der Waals surface area contributed by atoms with E-state index in [1.165, 1.54) is 6.08 Å². The van der Waals surface area contributed by atoms with Crippen LogP contribution in [0.4, 0.5) is 0 Å². The Kier molecular flexibility index (Phi) is 1.43. The van der Waals surface area contributed by atoms with E-state index in [2.05, 4.69) is 18.2 Å². The maximum absolute atomic E-state index is 6.25. The van der Waals surface area contributed by atoms with Crippen LogP contribution in [0, 0.1) is 12.3 Å². The molecule has 0 aromatic heterocycles. The van der Waals surface area contributed by atoms with Crippen molar-refractivity contribution in [3.05, 3.63) is 18.4 Å². The van der Waals surface area contributed by atoms with Crippen molar-refractivity contribution in [1.82, 2.24) is 0 Å². The molecule has 0 heteroatoms. The van der Waals surface area contributed by atoms with Crippen molar-refractivity contribution in [3.63, 3.8) is 0 Å². The Morgan fingerprint density at radius 3 is 3.20 bits per heavy atom. The molecule has 0 bridgehead atoms. The summed E-state index contributed by atoms with van der Waals surface area (Å²) < 4.78 is 6.25. The van der Waals surface area contributed by atoms with Gasteiger partial charge >= 0.3 is 0 Å². The molecule has 0 atom stereocenters. The van der Waals surface area contributed by atoms with Gasteiger partial charge in [-0.05, 0) is 0 Å². The van der Waals surface area contributed by atoms with E-state index in [4.69, 9.17) is 1.37 Å². The number of allylic oxidation sites excluding steroid dienone is 1. The molecule has 5 heavy (non-hydrogen) atoms. The highest BCUT2D eigenvalue weighted by Gasteiger charge is 1.34. The number of rotatable bonds is 0. The molecule has 0 radical (unpaired) electrons. The zero-order chi connectivity index (χ0) is 4.83. The summed E-state index contributed by atoms with van der Waals surface area (Å²) in [5, 5.41) is 0. The van der Waals surface area contributed by atoms with Crippen LogP contribution in [0.25, 0.3) is 0 Å². The van der Waals surface area contributed by atoms with Gasteiger partial charge < -0.3 is 0 Å². The van der Waals surface area contributed by atoms with Crippen LogP contribution in [-0.4, -0.2) is 0 Å². The molecular formula is C5H4. The summed E-state index contributed by atoms with van der Waals surface area (Å²) >= 11 is 0. The smallest absolute Gasteiger partial charge is 0.120 e. The molecular weight excluding hydrogens is 60.1 g/mol. The Balaban J connectivity index is 3.53. The fraction of sp³-hybridized carbons (Fsp3) is 0. The average molecular weight is 65.1 g/mol. The number of terminal acetylenes is 1. The Morgan fingerprint density at radius 1 is 2.20 bits per heavy atom. The third-order valence-electron chi connectivity index (χ3n) is 0.174. The molecule has 0 aliphatic rings. The second-order valence-electron chi connectivity index (χ2n) is 0.493. The first kappa shape index (κ1) is 2.33. The lowest BCUT2D eigenvalue weighted by Crippen LogP contribution is -1.28. The summed E-state index contributed by atoms with van der Waals surface area (Å²) in [5.41, 5.74) is 2.40. The van der Waals surface area contributed by atoms with Gasteiger partial charge in [-0.15, -0.1) is 12.1 Å². The zero-order valence-electron chi connectivity index (χ0n) is 3.78. The van der Waals surface area contributed by atoms with E-state index in [1.54, 1.807) is 0 Å². The van der Waals surface area contributed by atoms with Gasteiger partial charge in [0, 0.05) is 6.08 Å². The third kappa shape index (κ3) is 3.08. The van der Waals surface area contributed by atoms with E-state index in [9.17, 15) is 0 Å². The van der Waals surface area contributed by atoms with Gasteiger partial charge in [-0.25, -0.2) is 0 Å². The van der Waals surface area contributed by atoms with Crippen LogP contribution in [0.1, 0.15) is 1.37 Å². The lowest BCUT2D eigenvalue weighted by Gasteiger charge is -1.42. The predicted molar refractivity (Wildman–Crippen MR) is 22.5 cm³/mol. The van der Waals surface area contributed by atoms with E-state index in [-0.39, 0.29) is 0 Å². The minimum absolute atomic E-state index is 1.40. The highest BCUT2D eigenvalue weighted by Crippen LogP contribution is 1.48. The average Bonchev–Trinajstić information content (AvgIpc) is 1.61. The van der Waals surface area contributed by atoms with Gasteiger partial charge in [0.15, 0.2) is 0 Å². The zero-order valence-corrected chi connectivity index (χ0v) is 2.78. The molecule has 0 amide bonds. The topological polar surface area (TPSA) is 0 Å². The first-order valence-electron chi connectivity index (χ1n) is 1.68. The van der Waals surface area contributed by atoms with E-state index in [1.807, 2.05) is 6.40 Å². The largest absolute Gasteiger partial charge is 0.124 e. The fourth-order valence-corrected chi connectivity index (χ4v) is 0.0510. The van der Waals surface area contributed by atoms with Gasteiger partial charge in [0.1, 0.15) is 1.37 Å². The minimum atomic E-state index is 1.40. The van der Waals surface area contributed by atoms with E-state index in [0.717, 1.165) is 0 Å². The molecule has 0 saturated heterocycles. The summed E-state index contributed by atoms with van der Waals surface area (Å²) in [5.74, 6) is 2.32. The molecule has 0 N–H and O–H groups in total. The summed E-state index contributed by atoms with van der Waals surface area (Å²) in [4.78, 5) is 0. The minimum Gasteiger partial charge on any atom is -0.120 e. The standard InChI is InChI=1S/C5H4/c1-3-5-4-2/h1,5H,2H2/i1D. The van der Waals surface area contributed by atoms with E-state index >= 15 is 0 Å². The van der Waals surface area contributed by atoms with Crippen LogP contribution in [0.15, 0.2) is 18.4 Å². The Labute approximate surface area is 33.2 Å². The summed E-state index contributed by atoms with van der Waals surface area (Å²) in [6, 6.07) is 0. The SMILES string of the molecule is [2H]C#CC=C=C. The second kappa shape index (κ2) is 3.08. The normalized spacial score (nSPS) is 5.20. The molecule has 24 valence electrons. The Hall–Kier alpha value is -0.920. The van der Waals surface area contributed by atoms with Crippen molar-refractivity contribution in [3.8, 4) is 12.3 Å². The van der Waals surface area contributed by atoms with Crippen LogP contribution in [0.2, 0.25) is 0 Å². The Morgan fingerprint density at radius 2 is 3.00 bits per heavy atom. The second-order valence-corrected chi connectivity index (χ2v) is 0.493. The van der Waals surface area contributed by atoms with Crippen molar-refractivity contribution in [2.75, 3.05) is 0 Å². The van der Waals surface area contributed by atoms with Crippen molar-refractivity contribution in [2.45, 2.75) is 0 Å². The van der Waals surface area contributed by atoms with Crippen LogP contribution in [-0.2, 0) is 0 Å². The van der Waals surface area contributed by atoms with Crippen LogP contribution < -0.4 is 0 Å². The monoisotopic (exact) mass is 65.0 g/mol. The lowest BCUT2D eigenvalue weighted by atomic mass is 10.6. The van der Waals surface area contributed by atoms with Gasteiger partial charge in [0.05, 0.1) is 0 Å². The van der Waals surface area contributed by atoms with Crippen LogP contribution in [0.3, 0.4) is 0 Å². The first-order chi connectivity index (χ1) is 2.91. The molecule has 0 nitrogen and oxygen atoms in total. The highest BCUT2D eigenvalue weighted by atomic mass is 13.4. The van der Waals surface area contributed by atoms with Gasteiger partial charge in [-0.3, -0.25) is 0 Å². The quantitative estimate of drug-likeness (QED) is 0.291. The third-order valence-corrected chi connectivity index (χ3v) is 0.174. The van der Waals surface area contributed by atoms with Gasteiger partial charge in [-0.1, -0.05) is 12.5 Å². The van der Waals surface area contributed by atoms with Crippen molar-refractivity contribution in [1.29, 1.82) is 0 Å². The molecule has 0 unspecified atom stereocenters. The van der Waals surface area contributed by atoms with Crippen LogP contribution in [0.5, 0.6) is 0 Å². The predicted octanol–water partition coefficient (Wildman–Crippen LogP) is 0.961. The molecule has 0 fully saturated rings. The summed E-state index contributed by atoms with van der Waals surface area (Å²) in [6.07, 6.45) is 3.31. The molecule has 0 aromatic carbocycles. The molecule has 0 spiro atoms. The molecule has 0 heterocycles. The number of hydrogen-bond donors (Lipinski definition) is 0. The highest BCUT2D eigenvalue weighted by molar-refractivity contribution is 5.06. The Bertz CT molecular complexity index is 119. The van der Waals surface area contributed by atoms with Gasteiger partial charge in [0.25, 0.3) is 0 Å². The summed E-state index contributed by atoms with van der Waals surface area (Å²) in [7, 11) is 0. The fourth-order valence-electron chi connectivity index (χ4n) is 0.0510. The van der Waals surface area contributed by atoms with Gasteiger partial charge in [0.2, 0.25) is 0 Å². The van der Waals surface area contributed by atoms with Crippen molar-refractivity contribution >= 4 is 0 Å². The maximum Gasteiger partial charge on any atom is 0.124 e. The lowest BCUT2D eigenvalue weighted by molar-refractivity contribution is 2.25. The van der Waals surface area contributed by atoms with Crippen molar-refractivity contribution in [2.24, 2.45) is 0 Å². The first-order valence-corrected chi connectivity index (χ1v) is 1.18. The summed E-state index contributed by atoms with van der Waals surface area (Å²) in [6.45, 7) is 3.23. The molecule has 0 aliphatic heterocycles. The molecule has 0 saturated carbocycles. The molecule has 0 aliphatic carbocycles.